The number of benzene rings is 1. The minimum Gasteiger partial charge on any atom is -0.495 e. The predicted molar refractivity (Wildman–Crippen MR) is 104 cm³/mol. The number of hydrogen-bond acceptors (Lipinski definition) is 5. The molecule has 0 unspecified atom stereocenters. The number of thiophene rings is 1. The minimum absolute atomic E-state index is 0.184. The molecule has 0 aliphatic rings. The number of amides is 2. The van der Waals surface area contributed by atoms with Crippen molar-refractivity contribution in [2.24, 2.45) is 0 Å². The molecular weight excluding hydrogens is 364 g/mol. The number of methoxy groups -OCH3 is 1. The van der Waals surface area contributed by atoms with Crippen LogP contribution < -0.4 is 15.4 Å². The third-order valence-electron chi connectivity index (χ3n) is 4.04. The Labute approximate surface area is 161 Å². The molecule has 0 saturated carbocycles. The zero-order valence-corrected chi connectivity index (χ0v) is 15.8. The Hall–Kier alpha value is -3.13. The van der Waals surface area contributed by atoms with Crippen LogP contribution in [0.4, 0.5) is 5.69 Å². The first-order chi connectivity index (χ1) is 13.1. The molecule has 140 valence electrons. The van der Waals surface area contributed by atoms with Crippen molar-refractivity contribution in [3.8, 4) is 5.75 Å². The van der Waals surface area contributed by atoms with E-state index in [4.69, 9.17) is 4.74 Å². The summed E-state index contributed by atoms with van der Waals surface area (Å²) in [5.74, 6) is -0.969. The lowest BCUT2D eigenvalue weighted by atomic mass is 10.1. The van der Waals surface area contributed by atoms with E-state index < -0.39 is 11.8 Å². The van der Waals surface area contributed by atoms with E-state index in [0.717, 1.165) is 11.1 Å². The van der Waals surface area contributed by atoms with Crippen LogP contribution in [0.5, 0.6) is 5.75 Å². The van der Waals surface area contributed by atoms with Crippen molar-refractivity contribution >= 4 is 28.8 Å². The zero-order chi connectivity index (χ0) is 19.2. The second kappa shape index (κ2) is 8.50. The van der Waals surface area contributed by atoms with E-state index in [0.29, 0.717) is 11.4 Å². The fraction of sp³-hybridized carbons (Fsp3) is 0.211. The summed E-state index contributed by atoms with van der Waals surface area (Å²) >= 11 is 1.57. The van der Waals surface area contributed by atoms with Crippen LogP contribution in [-0.4, -0.2) is 35.2 Å². The summed E-state index contributed by atoms with van der Waals surface area (Å²) in [6, 6.07) is 8.97. The Morgan fingerprint density at radius 1 is 1.30 bits per heavy atom. The molecule has 0 aliphatic carbocycles. The van der Waals surface area contributed by atoms with Crippen molar-refractivity contribution in [1.29, 1.82) is 0 Å². The van der Waals surface area contributed by atoms with Gasteiger partial charge in [-0.3, -0.25) is 14.3 Å². The first-order valence-electron chi connectivity index (χ1n) is 8.33. The summed E-state index contributed by atoms with van der Waals surface area (Å²) in [5.41, 5.74) is 2.42. The summed E-state index contributed by atoms with van der Waals surface area (Å²) in [4.78, 5) is 24.6. The van der Waals surface area contributed by atoms with Gasteiger partial charge < -0.3 is 15.4 Å². The van der Waals surface area contributed by atoms with Crippen molar-refractivity contribution in [3.63, 3.8) is 0 Å². The lowest BCUT2D eigenvalue weighted by molar-refractivity contribution is -0.136. The van der Waals surface area contributed by atoms with Gasteiger partial charge in [-0.25, -0.2) is 0 Å². The minimum atomic E-state index is -0.747. The molecule has 7 nitrogen and oxygen atoms in total. The van der Waals surface area contributed by atoms with E-state index >= 15 is 0 Å². The molecule has 27 heavy (non-hydrogen) atoms. The van der Waals surface area contributed by atoms with E-state index in [1.165, 1.54) is 7.11 Å². The van der Waals surface area contributed by atoms with Crippen LogP contribution >= 0.6 is 11.3 Å². The number of carbonyl (C=O) groups is 2. The highest BCUT2D eigenvalue weighted by molar-refractivity contribution is 7.08. The molecule has 1 aromatic carbocycles. The highest BCUT2D eigenvalue weighted by Gasteiger charge is 2.20. The number of aromatic nitrogens is 2. The van der Waals surface area contributed by atoms with Gasteiger partial charge in [-0.15, -0.1) is 0 Å². The zero-order valence-electron chi connectivity index (χ0n) is 15.0. The van der Waals surface area contributed by atoms with Crippen molar-refractivity contribution in [2.75, 3.05) is 19.0 Å². The van der Waals surface area contributed by atoms with Crippen molar-refractivity contribution in [2.45, 2.75) is 13.0 Å². The molecule has 0 bridgehead atoms. The molecule has 1 atom stereocenters. The van der Waals surface area contributed by atoms with E-state index in [9.17, 15) is 9.59 Å². The van der Waals surface area contributed by atoms with Gasteiger partial charge in [0.2, 0.25) is 0 Å². The van der Waals surface area contributed by atoms with Gasteiger partial charge in [0, 0.05) is 18.9 Å². The number of nitrogens with zero attached hydrogens (tertiary/aromatic N) is 2. The molecule has 2 heterocycles. The molecule has 2 N–H and O–H groups in total. The van der Waals surface area contributed by atoms with Crippen molar-refractivity contribution in [1.82, 2.24) is 15.1 Å². The lowest BCUT2D eigenvalue weighted by Crippen LogP contribution is -2.39. The molecule has 2 amide bonds. The first-order valence-corrected chi connectivity index (χ1v) is 9.28. The maximum atomic E-state index is 12.3. The van der Waals surface area contributed by atoms with E-state index in [1.807, 2.05) is 42.1 Å². The number of carbonyl (C=O) groups excluding carboxylic acids is 2. The van der Waals surface area contributed by atoms with E-state index in [1.54, 1.807) is 34.3 Å². The SMILES string of the molecule is COc1ccc(C)cc1NC(=O)C(=O)NC[C@H](c1ccsc1)n1cccn1. The summed E-state index contributed by atoms with van der Waals surface area (Å²) in [5, 5.41) is 13.5. The summed E-state index contributed by atoms with van der Waals surface area (Å²) in [7, 11) is 1.51. The smallest absolute Gasteiger partial charge is 0.313 e. The number of aryl methyl sites for hydroxylation is 1. The Morgan fingerprint density at radius 3 is 2.81 bits per heavy atom. The van der Waals surface area contributed by atoms with Gasteiger partial charge in [0.25, 0.3) is 0 Å². The molecule has 3 rings (SSSR count). The van der Waals surface area contributed by atoms with Gasteiger partial charge >= 0.3 is 11.8 Å². The molecular formula is C19H20N4O3S. The van der Waals surface area contributed by atoms with Crippen molar-refractivity contribution in [3.05, 3.63) is 64.6 Å². The first kappa shape index (κ1) is 18.7. The van der Waals surface area contributed by atoms with E-state index in [2.05, 4.69) is 15.7 Å². The number of ether oxygens (including phenoxy) is 1. The van der Waals surface area contributed by atoms with Gasteiger partial charge in [0.1, 0.15) is 5.75 Å². The molecule has 2 aromatic heterocycles. The third kappa shape index (κ3) is 4.53. The molecule has 8 heteroatoms. The Kier molecular flexibility index (Phi) is 5.87. The fourth-order valence-electron chi connectivity index (χ4n) is 2.66. The summed E-state index contributed by atoms with van der Waals surface area (Å²) < 4.78 is 6.97. The van der Waals surface area contributed by atoms with Gasteiger partial charge in [-0.05, 0) is 53.1 Å². The highest BCUT2D eigenvalue weighted by atomic mass is 32.1. The van der Waals surface area contributed by atoms with Crippen LogP contribution in [0, 0.1) is 6.92 Å². The Balaban J connectivity index is 1.66. The van der Waals surface area contributed by atoms with Gasteiger partial charge in [0.05, 0.1) is 18.8 Å². The summed E-state index contributed by atoms with van der Waals surface area (Å²) in [6.45, 7) is 2.14. The van der Waals surface area contributed by atoms with Gasteiger partial charge in [0.15, 0.2) is 0 Å². The van der Waals surface area contributed by atoms with Crippen LogP contribution in [0.3, 0.4) is 0 Å². The standard InChI is InChI=1S/C19H20N4O3S/c1-13-4-5-17(26-2)15(10-13)22-19(25)18(24)20-11-16(14-6-9-27-12-14)23-8-3-7-21-23/h3-10,12,16H,11H2,1-2H3,(H,20,24)(H,22,25)/t16-/m1/s1. The molecule has 0 spiro atoms. The number of rotatable bonds is 6. The van der Waals surface area contributed by atoms with Crippen LogP contribution in [0.15, 0.2) is 53.5 Å². The molecule has 0 saturated heterocycles. The van der Waals surface area contributed by atoms with Crippen LogP contribution in [0.1, 0.15) is 17.2 Å². The van der Waals surface area contributed by atoms with Crippen LogP contribution in [0.2, 0.25) is 0 Å². The van der Waals surface area contributed by atoms with E-state index in [-0.39, 0.29) is 12.6 Å². The number of anilines is 1. The van der Waals surface area contributed by atoms with Crippen LogP contribution in [-0.2, 0) is 9.59 Å². The average Bonchev–Trinajstić information content (AvgIpc) is 3.36. The lowest BCUT2D eigenvalue weighted by Gasteiger charge is -2.17. The topological polar surface area (TPSA) is 85.2 Å². The second-order valence-electron chi connectivity index (χ2n) is 5.93. The summed E-state index contributed by atoms with van der Waals surface area (Å²) in [6.07, 6.45) is 3.50. The third-order valence-corrected chi connectivity index (χ3v) is 4.74. The molecule has 0 radical (unpaired) electrons. The van der Waals surface area contributed by atoms with Gasteiger partial charge in [-0.2, -0.15) is 16.4 Å². The predicted octanol–water partition coefficient (Wildman–Crippen LogP) is 2.61. The van der Waals surface area contributed by atoms with Gasteiger partial charge in [-0.1, -0.05) is 6.07 Å². The molecule has 3 aromatic rings. The second-order valence-corrected chi connectivity index (χ2v) is 6.71. The number of nitrogens with one attached hydrogen (secondary N) is 2. The normalized spacial score (nSPS) is 11.6. The molecule has 0 fully saturated rings. The highest BCUT2D eigenvalue weighted by Crippen LogP contribution is 2.25. The Morgan fingerprint density at radius 2 is 2.15 bits per heavy atom. The largest absolute Gasteiger partial charge is 0.495 e. The Bertz CT molecular complexity index is 873. The quantitative estimate of drug-likeness (QED) is 0.640. The monoisotopic (exact) mass is 384 g/mol. The maximum Gasteiger partial charge on any atom is 0.313 e. The maximum absolute atomic E-state index is 12.3. The molecule has 0 aliphatic heterocycles. The fourth-order valence-corrected chi connectivity index (χ4v) is 3.37. The number of hydrogen-bond donors (Lipinski definition) is 2. The van der Waals surface area contributed by atoms with Crippen molar-refractivity contribution < 1.29 is 14.3 Å². The van der Waals surface area contributed by atoms with Crippen LogP contribution in [0.25, 0.3) is 0 Å². The average molecular weight is 384 g/mol.